The lowest BCUT2D eigenvalue weighted by Crippen LogP contribution is -2.52. The Morgan fingerprint density at radius 3 is 2.41 bits per heavy atom. The molecular weight excluding hydrogens is 346 g/mol. The van der Waals surface area contributed by atoms with E-state index in [0.29, 0.717) is 38.3 Å². The maximum Gasteiger partial charge on any atom is 0.260 e. The number of rotatable bonds is 5. The monoisotopic (exact) mass is 373 g/mol. The maximum absolute atomic E-state index is 12.4. The van der Waals surface area contributed by atoms with Gasteiger partial charge in [-0.3, -0.25) is 14.4 Å². The topological polar surface area (TPSA) is 70.2 Å². The highest BCUT2D eigenvalue weighted by atomic mass is 16.5. The number of benzene rings is 1. The molecule has 0 saturated carbocycles. The van der Waals surface area contributed by atoms with Crippen molar-refractivity contribution in [1.29, 1.82) is 0 Å². The minimum absolute atomic E-state index is 0.0228. The number of hydrogen-bond donors (Lipinski definition) is 0. The molecule has 1 aromatic rings. The van der Waals surface area contributed by atoms with Gasteiger partial charge in [-0.2, -0.15) is 0 Å². The Hall–Kier alpha value is -2.57. The summed E-state index contributed by atoms with van der Waals surface area (Å²) in [5.41, 5.74) is 0.809. The number of nitrogens with zero attached hydrogens (tertiary/aromatic N) is 3. The summed E-state index contributed by atoms with van der Waals surface area (Å²) in [5, 5.41) is 0. The van der Waals surface area contributed by atoms with Crippen LogP contribution in [0.2, 0.25) is 0 Å². The highest BCUT2D eigenvalue weighted by molar-refractivity contribution is 5.95. The van der Waals surface area contributed by atoms with E-state index in [1.807, 2.05) is 30.9 Å². The molecule has 2 aliphatic heterocycles. The summed E-state index contributed by atoms with van der Waals surface area (Å²) in [5.74, 6) is 0.720. The van der Waals surface area contributed by atoms with Crippen LogP contribution in [0.25, 0.3) is 0 Å². The van der Waals surface area contributed by atoms with Gasteiger partial charge in [-0.25, -0.2) is 0 Å². The molecule has 2 heterocycles. The number of piperazine rings is 1. The largest absolute Gasteiger partial charge is 0.484 e. The van der Waals surface area contributed by atoms with E-state index in [4.69, 9.17) is 4.74 Å². The van der Waals surface area contributed by atoms with Crippen LogP contribution in [0, 0.1) is 5.92 Å². The number of amides is 3. The SMILES string of the molecule is CC(C)C(=O)N1CCN(C(=O)COc2cccc(N3CCCC3=O)c2)CC1. The zero-order valence-electron chi connectivity index (χ0n) is 16.0. The first-order valence-electron chi connectivity index (χ1n) is 9.55. The van der Waals surface area contributed by atoms with Crippen molar-refractivity contribution in [2.45, 2.75) is 26.7 Å². The van der Waals surface area contributed by atoms with Gasteiger partial charge in [-0.15, -0.1) is 0 Å². The van der Waals surface area contributed by atoms with E-state index in [-0.39, 0.29) is 30.2 Å². The molecule has 3 rings (SSSR count). The van der Waals surface area contributed by atoms with Gasteiger partial charge in [0.25, 0.3) is 5.91 Å². The summed E-state index contributed by atoms with van der Waals surface area (Å²) in [6.07, 6.45) is 1.45. The van der Waals surface area contributed by atoms with Gasteiger partial charge < -0.3 is 19.4 Å². The molecule has 7 nitrogen and oxygen atoms in total. The van der Waals surface area contributed by atoms with Crippen molar-refractivity contribution in [3.63, 3.8) is 0 Å². The van der Waals surface area contributed by atoms with Crippen LogP contribution in [0.3, 0.4) is 0 Å². The lowest BCUT2D eigenvalue weighted by atomic mass is 10.1. The van der Waals surface area contributed by atoms with Crippen molar-refractivity contribution in [2.24, 2.45) is 5.92 Å². The maximum atomic E-state index is 12.4. The number of hydrogen-bond acceptors (Lipinski definition) is 4. The molecule has 27 heavy (non-hydrogen) atoms. The van der Waals surface area contributed by atoms with E-state index >= 15 is 0 Å². The first-order chi connectivity index (χ1) is 13.0. The number of ether oxygens (including phenoxy) is 1. The molecule has 0 aliphatic carbocycles. The van der Waals surface area contributed by atoms with Crippen LogP contribution in [0.1, 0.15) is 26.7 Å². The van der Waals surface area contributed by atoms with Gasteiger partial charge in [0.1, 0.15) is 5.75 Å². The Bertz CT molecular complexity index is 711. The summed E-state index contributed by atoms with van der Waals surface area (Å²) >= 11 is 0. The van der Waals surface area contributed by atoms with Crippen LogP contribution < -0.4 is 9.64 Å². The second kappa shape index (κ2) is 8.41. The highest BCUT2D eigenvalue weighted by Gasteiger charge is 2.26. The third kappa shape index (κ3) is 4.59. The van der Waals surface area contributed by atoms with Gasteiger partial charge in [-0.1, -0.05) is 19.9 Å². The lowest BCUT2D eigenvalue weighted by Gasteiger charge is -2.35. The van der Waals surface area contributed by atoms with Crippen LogP contribution in [-0.4, -0.2) is 66.9 Å². The fourth-order valence-corrected chi connectivity index (χ4v) is 3.44. The van der Waals surface area contributed by atoms with Gasteiger partial charge in [-0.05, 0) is 18.6 Å². The summed E-state index contributed by atoms with van der Waals surface area (Å²) in [6, 6.07) is 7.30. The number of anilines is 1. The minimum atomic E-state index is -0.0886. The Labute approximate surface area is 159 Å². The first-order valence-corrected chi connectivity index (χ1v) is 9.55. The molecule has 2 fully saturated rings. The Kier molecular flexibility index (Phi) is 5.98. The molecule has 0 aromatic heterocycles. The van der Waals surface area contributed by atoms with Crippen molar-refractivity contribution < 1.29 is 19.1 Å². The van der Waals surface area contributed by atoms with Gasteiger partial charge in [0.05, 0.1) is 0 Å². The third-order valence-electron chi connectivity index (χ3n) is 5.00. The van der Waals surface area contributed by atoms with Crippen LogP contribution in [0.5, 0.6) is 5.75 Å². The van der Waals surface area contributed by atoms with Crippen LogP contribution in [0.4, 0.5) is 5.69 Å². The van der Waals surface area contributed by atoms with E-state index in [0.717, 1.165) is 18.7 Å². The molecule has 0 unspecified atom stereocenters. The van der Waals surface area contributed by atoms with E-state index in [1.165, 1.54) is 0 Å². The molecule has 7 heteroatoms. The first kappa shape index (κ1) is 19.2. The zero-order chi connectivity index (χ0) is 19.4. The van der Waals surface area contributed by atoms with Crippen molar-refractivity contribution in [3.05, 3.63) is 24.3 Å². The minimum Gasteiger partial charge on any atom is -0.484 e. The predicted octanol–water partition coefficient (Wildman–Crippen LogP) is 1.52. The van der Waals surface area contributed by atoms with E-state index < -0.39 is 0 Å². The molecule has 2 aliphatic rings. The van der Waals surface area contributed by atoms with E-state index in [2.05, 4.69) is 0 Å². The second-order valence-corrected chi connectivity index (χ2v) is 7.30. The predicted molar refractivity (Wildman–Crippen MR) is 102 cm³/mol. The van der Waals surface area contributed by atoms with Crippen LogP contribution >= 0.6 is 0 Å². The normalized spacial score (nSPS) is 17.6. The molecule has 1 aromatic carbocycles. The average Bonchev–Trinajstić information content (AvgIpc) is 3.11. The average molecular weight is 373 g/mol. The molecule has 0 N–H and O–H groups in total. The zero-order valence-corrected chi connectivity index (χ0v) is 16.0. The van der Waals surface area contributed by atoms with E-state index in [1.54, 1.807) is 21.9 Å². The van der Waals surface area contributed by atoms with Gasteiger partial charge >= 0.3 is 0 Å². The number of carbonyl (C=O) groups is 3. The molecular formula is C20H27N3O4. The summed E-state index contributed by atoms with van der Waals surface area (Å²) in [6.45, 7) is 6.64. The molecule has 0 radical (unpaired) electrons. The number of carbonyl (C=O) groups excluding carboxylic acids is 3. The molecule has 0 atom stereocenters. The smallest absolute Gasteiger partial charge is 0.260 e. The standard InChI is InChI=1S/C20H27N3O4/c1-15(2)20(26)22-11-9-21(10-12-22)19(25)14-27-17-6-3-5-16(13-17)23-8-4-7-18(23)24/h3,5-6,13,15H,4,7-12,14H2,1-2H3. The van der Waals surface area contributed by atoms with Crippen molar-refractivity contribution in [3.8, 4) is 5.75 Å². The van der Waals surface area contributed by atoms with Gasteiger partial charge in [0.2, 0.25) is 11.8 Å². The summed E-state index contributed by atoms with van der Waals surface area (Å²) < 4.78 is 5.66. The molecule has 146 valence electrons. The fourth-order valence-electron chi connectivity index (χ4n) is 3.44. The van der Waals surface area contributed by atoms with Gasteiger partial charge in [0, 0.05) is 56.8 Å². The van der Waals surface area contributed by atoms with Crippen molar-refractivity contribution in [2.75, 3.05) is 44.2 Å². The molecule has 2 saturated heterocycles. The Balaban J connectivity index is 1.50. The molecule has 0 spiro atoms. The lowest BCUT2D eigenvalue weighted by molar-refractivity contribution is -0.142. The van der Waals surface area contributed by atoms with Crippen LogP contribution in [-0.2, 0) is 14.4 Å². The van der Waals surface area contributed by atoms with Crippen molar-refractivity contribution >= 4 is 23.4 Å². The highest BCUT2D eigenvalue weighted by Crippen LogP contribution is 2.25. The van der Waals surface area contributed by atoms with Gasteiger partial charge in [0.15, 0.2) is 6.61 Å². The molecule has 3 amide bonds. The van der Waals surface area contributed by atoms with Crippen molar-refractivity contribution in [1.82, 2.24) is 9.80 Å². The molecule has 0 bridgehead atoms. The third-order valence-corrected chi connectivity index (χ3v) is 5.00. The Morgan fingerprint density at radius 2 is 1.78 bits per heavy atom. The second-order valence-electron chi connectivity index (χ2n) is 7.30. The summed E-state index contributed by atoms with van der Waals surface area (Å²) in [4.78, 5) is 41.6. The quantitative estimate of drug-likeness (QED) is 0.785. The summed E-state index contributed by atoms with van der Waals surface area (Å²) in [7, 11) is 0. The van der Waals surface area contributed by atoms with E-state index in [9.17, 15) is 14.4 Å². The van der Waals surface area contributed by atoms with Crippen LogP contribution in [0.15, 0.2) is 24.3 Å². The Morgan fingerprint density at radius 1 is 1.07 bits per heavy atom. The fraction of sp³-hybridized carbons (Fsp3) is 0.550.